The normalized spacial score (nSPS) is 27.7. The molecule has 2 atom stereocenters. The Morgan fingerprint density at radius 2 is 2.07 bits per heavy atom. The van der Waals surface area contributed by atoms with E-state index in [2.05, 4.69) is 0 Å². The smallest absolute Gasteiger partial charge is 0.310 e. The van der Waals surface area contributed by atoms with Crippen molar-refractivity contribution in [3.63, 3.8) is 0 Å². The van der Waals surface area contributed by atoms with E-state index in [0.717, 1.165) is 6.92 Å². The largest absolute Gasteiger partial charge is 0.348 e. The van der Waals surface area contributed by atoms with Crippen LogP contribution in [0.5, 0.6) is 0 Å². The molecule has 0 aromatic carbocycles. The molecule has 0 N–H and O–H groups in total. The van der Waals surface area contributed by atoms with Crippen LogP contribution in [0.3, 0.4) is 0 Å². The van der Waals surface area contributed by atoms with Crippen molar-refractivity contribution in [1.82, 2.24) is 0 Å². The second kappa shape index (κ2) is 3.79. The van der Waals surface area contributed by atoms with Crippen LogP contribution in [-0.4, -0.2) is 30.2 Å². The molecule has 0 amide bonds. The molecule has 0 aromatic heterocycles. The van der Waals surface area contributed by atoms with Gasteiger partial charge in [-0.25, -0.2) is 0 Å². The number of Topliss-reactive ketones (excluding diaryl/α,β-unsaturated/α-hetero) is 1. The maximum absolute atomic E-state index is 13.4. The van der Waals surface area contributed by atoms with Gasteiger partial charge in [0, 0.05) is 6.92 Å². The van der Waals surface area contributed by atoms with Crippen LogP contribution in [-0.2, 0) is 14.3 Å². The minimum absolute atomic E-state index is 0.0943. The first-order valence-electron chi connectivity index (χ1n) is 4.87. The zero-order chi connectivity index (χ0) is 11.9. The lowest BCUT2D eigenvalue weighted by Gasteiger charge is -2.26. The van der Waals surface area contributed by atoms with E-state index in [0.29, 0.717) is 0 Å². The number of carbonyl (C=O) groups excluding carboxylic acids is 1. The van der Waals surface area contributed by atoms with Crippen molar-refractivity contribution in [3.05, 3.63) is 0 Å². The number of ether oxygens (including phenoxy) is 2. The van der Waals surface area contributed by atoms with Crippen LogP contribution < -0.4 is 0 Å². The summed E-state index contributed by atoms with van der Waals surface area (Å²) < 4.78 is 37.2. The Bertz CT molecular complexity index is 263. The molecule has 1 saturated heterocycles. The SMILES string of the molecule is CC(=O)C(F)(F)C(C)[C@H]1COC(C)(C)O1. The second-order valence-corrected chi connectivity index (χ2v) is 4.33. The number of alkyl halides is 2. The average molecular weight is 222 g/mol. The first-order chi connectivity index (χ1) is 6.67. The van der Waals surface area contributed by atoms with Gasteiger partial charge in [0.25, 0.3) is 0 Å². The van der Waals surface area contributed by atoms with Crippen LogP contribution in [0.25, 0.3) is 0 Å². The van der Waals surface area contributed by atoms with Gasteiger partial charge >= 0.3 is 5.92 Å². The van der Waals surface area contributed by atoms with E-state index in [1.165, 1.54) is 6.92 Å². The molecule has 15 heavy (non-hydrogen) atoms. The zero-order valence-electron chi connectivity index (χ0n) is 9.34. The molecule has 0 aliphatic carbocycles. The summed E-state index contributed by atoms with van der Waals surface area (Å²) in [6, 6.07) is 0. The molecule has 1 aliphatic heterocycles. The zero-order valence-corrected chi connectivity index (χ0v) is 9.34. The molecule has 5 heteroatoms. The van der Waals surface area contributed by atoms with E-state index < -0.39 is 29.5 Å². The van der Waals surface area contributed by atoms with Gasteiger partial charge in [0.1, 0.15) is 0 Å². The molecule has 3 nitrogen and oxygen atoms in total. The van der Waals surface area contributed by atoms with Crippen molar-refractivity contribution in [2.45, 2.75) is 45.5 Å². The number of ketones is 1. The predicted octanol–water partition coefficient (Wildman–Crippen LogP) is 2.00. The fourth-order valence-electron chi connectivity index (χ4n) is 1.52. The van der Waals surface area contributed by atoms with Crippen LogP contribution in [0.4, 0.5) is 8.78 Å². The lowest BCUT2D eigenvalue weighted by molar-refractivity contribution is -0.173. The molecule has 1 unspecified atom stereocenters. The van der Waals surface area contributed by atoms with Gasteiger partial charge in [0.15, 0.2) is 11.6 Å². The van der Waals surface area contributed by atoms with Crippen molar-refractivity contribution in [2.24, 2.45) is 5.92 Å². The van der Waals surface area contributed by atoms with Crippen molar-refractivity contribution in [3.8, 4) is 0 Å². The van der Waals surface area contributed by atoms with Crippen molar-refractivity contribution < 1.29 is 23.0 Å². The highest BCUT2D eigenvalue weighted by Crippen LogP contribution is 2.35. The monoisotopic (exact) mass is 222 g/mol. The number of hydrogen-bond donors (Lipinski definition) is 0. The summed E-state index contributed by atoms with van der Waals surface area (Å²) in [5.41, 5.74) is 0. The highest BCUT2D eigenvalue weighted by atomic mass is 19.3. The molecule has 0 bridgehead atoms. The summed E-state index contributed by atoms with van der Waals surface area (Å²) in [5.74, 6) is -6.50. The summed E-state index contributed by atoms with van der Waals surface area (Å²) in [6.45, 7) is 5.60. The Labute approximate surface area is 87.7 Å². The van der Waals surface area contributed by atoms with Gasteiger partial charge in [0.2, 0.25) is 0 Å². The van der Waals surface area contributed by atoms with Crippen LogP contribution >= 0.6 is 0 Å². The van der Waals surface area contributed by atoms with E-state index in [-0.39, 0.29) is 6.61 Å². The van der Waals surface area contributed by atoms with Gasteiger partial charge in [-0.3, -0.25) is 4.79 Å². The topological polar surface area (TPSA) is 35.5 Å². The van der Waals surface area contributed by atoms with E-state index >= 15 is 0 Å². The van der Waals surface area contributed by atoms with Crippen molar-refractivity contribution >= 4 is 5.78 Å². The first kappa shape index (κ1) is 12.5. The third-order valence-electron chi connectivity index (χ3n) is 2.63. The summed E-state index contributed by atoms with van der Waals surface area (Å²) in [6.07, 6.45) is -0.737. The molecule has 0 saturated carbocycles. The molecule has 88 valence electrons. The van der Waals surface area contributed by atoms with Gasteiger partial charge in [-0.05, 0) is 13.8 Å². The average Bonchev–Trinajstić information content (AvgIpc) is 2.44. The third-order valence-corrected chi connectivity index (χ3v) is 2.63. The fraction of sp³-hybridized carbons (Fsp3) is 0.900. The molecular weight excluding hydrogens is 206 g/mol. The number of halogens is 2. The van der Waals surface area contributed by atoms with Crippen LogP contribution in [0.15, 0.2) is 0 Å². The molecule has 0 spiro atoms. The maximum Gasteiger partial charge on any atom is 0.310 e. The standard InChI is InChI=1S/C10H16F2O3/c1-6(10(11,12)7(2)13)8-5-14-9(3,4)15-8/h6,8H,5H2,1-4H3/t6?,8-/m1/s1. The molecular formula is C10H16F2O3. The van der Waals surface area contributed by atoms with E-state index in [4.69, 9.17) is 9.47 Å². The van der Waals surface area contributed by atoms with E-state index in [1.54, 1.807) is 13.8 Å². The van der Waals surface area contributed by atoms with Gasteiger partial charge in [0.05, 0.1) is 18.6 Å². The Kier molecular flexibility index (Phi) is 3.16. The molecule has 1 fully saturated rings. The number of hydrogen-bond acceptors (Lipinski definition) is 3. The highest BCUT2D eigenvalue weighted by Gasteiger charge is 2.49. The second-order valence-electron chi connectivity index (χ2n) is 4.33. The summed E-state index contributed by atoms with van der Waals surface area (Å²) in [4.78, 5) is 10.8. The highest BCUT2D eigenvalue weighted by molar-refractivity contribution is 5.83. The van der Waals surface area contributed by atoms with Crippen molar-refractivity contribution in [2.75, 3.05) is 6.61 Å². The molecule has 1 rings (SSSR count). The van der Waals surface area contributed by atoms with Crippen LogP contribution in [0.1, 0.15) is 27.7 Å². The van der Waals surface area contributed by atoms with Gasteiger partial charge in [-0.15, -0.1) is 0 Å². The summed E-state index contributed by atoms with van der Waals surface area (Å²) in [5, 5.41) is 0. The number of carbonyl (C=O) groups is 1. The Morgan fingerprint density at radius 1 is 1.53 bits per heavy atom. The Balaban J connectivity index is 2.70. The quantitative estimate of drug-likeness (QED) is 0.732. The summed E-state index contributed by atoms with van der Waals surface area (Å²) >= 11 is 0. The lowest BCUT2D eigenvalue weighted by atomic mass is 9.95. The summed E-state index contributed by atoms with van der Waals surface area (Å²) in [7, 11) is 0. The van der Waals surface area contributed by atoms with Gasteiger partial charge in [-0.1, -0.05) is 6.92 Å². The molecule has 0 radical (unpaired) electrons. The Morgan fingerprint density at radius 3 is 2.40 bits per heavy atom. The fourth-order valence-corrected chi connectivity index (χ4v) is 1.52. The minimum atomic E-state index is -3.35. The maximum atomic E-state index is 13.4. The van der Waals surface area contributed by atoms with E-state index in [9.17, 15) is 13.6 Å². The molecule has 1 aliphatic rings. The van der Waals surface area contributed by atoms with Gasteiger partial charge in [-0.2, -0.15) is 8.78 Å². The molecule has 0 aromatic rings. The van der Waals surface area contributed by atoms with Crippen LogP contribution in [0, 0.1) is 5.92 Å². The molecule has 1 heterocycles. The minimum Gasteiger partial charge on any atom is -0.348 e. The Hall–Kier alpha value is -0.550. The first-order valence-corrected chi connectivity index (χ1v) is 4.87. The van der Waals surface area contributed by atoms with Crippen LogP contribution in [0.2, 0.25) is 0 Å². The van der Waals surface area contributed by atoms with E-state index in [1.807, 2.05) is 0 Å². The lowest BCUT2D eigenvalue weighted by Crippen LogP contribution is -2.42. The third kappa shape index (κ3) is 2.52. The number of rotatable bonds is 3. The van der Waals surface area contributed by atoms with Gasteiger partial charge < -0.3 is 9.47 Å². The van der Waals surface area contributed by atoms with Crippen molar-refractivity contribution in [1.29, 1.82) is 0 Å². The predicted molar refractivity (Wildman–Crippen MR) is 49.7 cm³/mol.